The molecule has 4 nitrogen and oxygen atoms in total. The lowest BCUT2D eigenvalue weighted by Crippen LogP contribution is -2.33. The Bertz CT molecular complexity index is 786. The first-order valence-electron chi connectivity index (χ1n) is 7.88. The van der Waals surface area contributed by atoms with Crippen LogP contribution in [0.15, 0.2) is 48.7 Å². The van der Waals surface area contributed by atoms with E-state index in [9.17, 15) is 4.79 Å². The minimum atomic E-state index is -0.433. The maximum Gasteiger partial charge on any atom is 0.257 e. The number of nitrogens with zero attached hydrogens (tertiary/aromatic N) is 2. The van der Waals surface area contributed by atoms with Crippen LogP contribution in [-0.4, -0.2) is 30.6 Å². The van der Waals surface area contributed by atoms with Crippen molar-refractivity contribution >= 4 is 11.7 Å². The van der Waals surface area contributed by atoms with Gasteiger partial charge >= 0.3 is 0 Å². The molecule has 1 aromatic carbocycles. The Balaban J connectivity index is 1.78. The molecule has 24 heavy (non-hydrogen) atoms. The molecule has 0 N–H and O–H groups in total. The number of carbonyl (C=O) groups is 1. The second-order valence-corrected chi connectivity index (χ2v) is 6.55. The van der Waals surface area contributed by atoms with Crippen molar-refractivity contribution in [1.82, 2.24) is 4.98 Å². The number of anilines is 1. The summed E-state index contributed by atoms with van der Waals surface area (Å²) in [6.45, 7) is 4.64. The van der Waals surface area contributed by atoms with Crippen LogP contribution in [0.2, 0.25) is 0 Å². The summed E-state index contributed by atoms with van der Waals surface area (Å²) in [5, 5.41) is 0. The molecule has 1 fully saturated rings. The molecule has 0 radical (unpaired) electrons. The van der Waals surface area contributed by atoms with E-state index in [2.05, 4.69) is 16.8 Å². The molecular formula is C20H20N2O2. The van der Waals surface area contributed by atoms with Crippen molar-refractivity contribution < 1.29 is 9.53 Å². The van der Waals surface area contributed by atoms with E-state index in [1.165, 1.54) is 0 Å². The van der Waals surface area contributed by atoms with E-state index in [1.54, 1.807) is 18.2 Å². The molecular weight excluding hydrogens is 300 g/mol. The third-order valence-electron chi connectivity index (χ3n) is 4.15. The first kappa shape index (κ1) is 16.2. The Labute approximate surface area is 142 Å². The number of methoxy groups -OCH3 is 1. The number of hydrogen-bond acceptors (Lipinski definition) is 3. The van der Waals surface area contributed by atoms with Gasteiger partial charge in [0.15, 0.2) is 0 Å². The molecule has 4 heteroatoms. The van der Waals surface area contributed by atoms with Gasteiger partial charge in [0.25, 0.3) is 5.91 Å². The number of ether oxygens (including phenoxy) is 1. The predicted octanol–water partition coefficient (Wildman–Crippen LogP) is 2.87. The molecule has 0 unspecified atom stereocenters. The van der Waals surface area contributed by atoms with Crippen molar-refractivity contribution in [3.63, 3.8) is 0 Å². The number of rotatable bonds is 2. The van der Waals surface area contributed by atoms with Crippen LogP contribution in [-0.2, 0) is 9.53 Å². The minimum Gasteiger partial charge on any atom is -0.371 e. The number of pyridine rings is 1. The van der Waals surface area contributed by atoms with Crippen molar-refractivity contribution in [2.45, 2.75) is 20.0 Å². The van der Waals surface area contributed by atoms with Crippen molar-refractivity contribution in [3.8, 4) is 11.8 Å². The largest absolute Gasteiger partial charge is 0.371 e. The molecule has 1 amide bonds. The normalized spacial score (nSPS) is 19.0. The summed E-state index contributed by atoms with van der Waals surface area (Å²) in [6, 6.07) is 13.5. The molecule has 1 aliphatic heterocycles. The number of benzene rings is 1. The Morgan fingerprint density at radius 2 is 1.83 bits per heavy atom. The molecule has 0 aliphatic carbocycles. The molecule has 2 heterocycles. The van der Waals surface area contributed by atoms with Crippen LogP contribution in [0.3, 0.4) is 0 Å². The summed E-state index contributed by atoms with van der Waals surface area (Å²) in [5.74, 6) is 6.78. The third kappa shape index (κ3) is 3.17. The molecule has 0 bridgehead atoms. The van der Waals surface area contributed by atoms with Gasteiger partial charge < -0.3 is 4.74 Å². The Morgan fingerprint density at radius 3 is 2.42 bits per heavy atom. The lowest BCUT2D eigenvalue weighted by molar-refractivity contribution is -0.128. The van der Waals surface area contributed by atoms with Crippen molar-refractivity contribution in [2.24, 2.45) is 5.41 Å². The van der Waals surface area contributed by atoms with E-state index in [4.69, 9.17) is 4.74 Å². The van der Waals surface area contributed by atoms with E-state index in [0.29, 0.717) is 12.4 Å². The highest BCUT2D eigenvalue weighted by Gasteiger charge is 2.47. The Hall–Kier alpha value is -2.64. The van der Waals surface area contributed by atoms with Gasteiger partial charge in [0.1, 0.15) is 11.9 Å². The fourth-order valence-electron chi connectivity index (χ4n) is 2.94. The van der Waals surface area contributed by atoms with Gasteiger partial charge in [-0.25, -0.2) is 4.98 Å². The highest BCUT2D eigenvalue weighted by molar-refractivity contribution is 5.99. The van der Waals surface area contributed by atoms with Crippen molar-refractivity contribution in [2.75, 3.05) is 18.6 Å². The van der Waals surface area contributed by atoms with Gasteiger partial charge in [-0.3, -0.25) is 9.69 Å². The fourth-order valence-corrected chi connectivity index (χ4v) is 2.94. The summed E-state index contributed by atoms with van der Waals surface area (Å²) in [4.78, 5) is 18.6. The lowest BCUT2D eigenvalue weighted by atomic mass is 9.90. The van der Waals surface area contributed by atoms with Gasteiger partial charge in [0.05, 0.1) is 0 Å². The lowest BCUT2D eigenvalue weighted by Gasteiger charge is -2.21. The van der Waals surface area contributed by atoms with Crippen LogP contribution in [0.5, 0.6) is 0 Å². The smallest absolute Gasteiger partial charge is 0.257 e. The van der Waals surface area contributed by atoms with Gasteiger partial charge in [-0.1, -0.05) is 43.9 Å². The molecule has 2 aromatic rings. The zero-order valence-corrected chi connectivity index (χ0v) is 14.1. The number of carbonyl (C=O) groups excluding carboxylic acids is 1. The zero-order valence-electron chi connectivity index (χ0n) is 14.1. The minimum absolute atomic E-state index is 0.0434. The molecule has 0 spiro atoms. The number of aromatic nitrogens is 1. The Morgan fingerprint density at radius 1 is 1.12 bits per heavy atom. The summed E-state index contributed by atoms with van der Waals surface area (Å²) in [7, 11) is 1.57. The second-order valence-electron chi connectivity index (χ2n) is 6.55. The first-order chi connectivity index (χ1) is 11.5. The summed E-state index contributed by atoms with van der Waals surface area (Å²) in [6.07, 6.45) is 1.27. The highest BCUT2D eigenvalue weighted by Crippen LogP contribution is 2.34. The molecule has 1 aromatic heterocycles. The molecule has 3 rings (SSSR count). The first-order valence-corrected chi connectivity index (χ1v) is 7.88. The number of hydrogen-bond donors (Lipinski definition) is 0. The van der Waals surface area contributed by atoms with Crippen LogP contribution in [0.25, 0.3) is 0 Å². The molecule has 1 saturated heterocycles. The SMILES string of the molecule is CO[C@@H]1C(=O)N(c2ccc(C#Cc3ccccc3)cn2)CC1(C)C. The average molecular weight is 320 g/mol. The Kier molecular flexibility index (Phi) is 4.37. The van der Waals surface area contributed by atoms with E-state index >= 15 is 0 Å². The molecule has 1 atom stereocenters. The fraction of sp³-hybridized carbons (Fsp3) is 0.300. The topological polar surface area (TPSA) is 42.4 Å². The highest BCUT2D eigenvalue weighted by atomic mass is 16.5. The van der Waals surface area contributed by atoms with Gasteiger partial charge in [-0.2, -0.15) is 0 Å². The van der Waals surface area contributed by atoms with E-state index in [-0.39, 0.29) is 11.3 Å². The van der Waals surface area contributed by atoms with Crippen LogP contribution in [0.4, 0.5) is 5.82 Å². The zero-order chi connectivity index (χ0) is 17.2. The summed E-state index contributed by atoms with van der Waals surface area (Å²) >= 11 is 0. The third-order valence-corrected chi connectivity index (χ3v) is 4.15. The standard InChI is InChI=1S/C20H20N2O2/c1-20(2)14-22(19(23)18(20)24-3)17-12-11-16(13-21-17)10-9-15-7-5-4-6-8-15/h4-8,11-13,18H,14H2,1-3H3/t18-/m1/s1. The van der Waals surface area contributed by atoms with E-state index < -0.39 is 6.10 Å². The molecule has 122 valence electrons. The van der Waals surface area contributed by atoms with Crippen LogP contribution in [0.1, 0.15) is 25.0 Å². The molecule has 0 saturated carbocycles. The van der Waals surface area contributed by atoms with E-state index in [0.717, 1.165) is 11.1 Å². The maximum atomic E-state index is 12.5. The average Bonchev–Trinajstić information content (AvgIpc) is 2.83. The monoisotopic (exact) mass is 320 g/mol. The predicted molar refractivity (Wildman–Crippen MR) is 93.6 cm³/mol. The van der Waals surface area contributed by atoms with Gasteiger partial charge in [0, 0.05) is 36.4 Å². The molecule has 1 aliphatic rings. The van der Waals surface area contributed by atoms with Gasteiger partial charge in [-0.15, -0.1) is 0 Å². The number of amides is 1. The summed E-state index contributed by atoms with van der Waals surface area (Å²) < 4.78 is 5.36. The van der Waals surface area contributed by atoms with Gasteiger partial charge in [0.2, 0.25) is 0 Å². The van der Waals surface area contributed by atoms with Crippen LogP contribution >= 0.6 is 0 Å². The maximum absolute atomic E-state index is 12.5. The second kappa shape index (κ2) is 6.46. The van der Waals surface area contributed by atoms with Gasteiger partial charge in [-0.05, 0) is 24.3 Å². The summed E-state index contributed by atoms with van der Waals surface area (Å²) in [5.41, 5.74) is 1.54. The van der Waals surface area contributed by atoms with Crippen molar-refractivity contribution in [3.05, 3.63) is 59.8 Å². The van der Waals surface area contributed by atoms with Crippen LogP contribution < -0.4 is 4.90 Å². The van der Waals surface area contributed by atoms with E-state index in [1.807, 2.05) is 56.3 Å². The van der Waals surface area contributed by atoms with Crippen molar-refractivity contribution in [1.29, 1.82) is 0 Å². The quantitative estimate of drug-likeness (QED) is 0.799. The van der Waals surface area contributed by atoms with Crippen LogP contribution in [0, 0.1) is 17.3 Å².